The first-order valence-corrected chi connectivity index (χ1v) is 5.91. The molecular weight excluding hydrogens is 204 g/mol. The van der Waals surface area contributed by atoms with Crippen molar-refractivity contribution < 1.29 is 9.90 Å². The van der Waals surface area contributed by atoms with E-state index in [0.717, 1.165) is 31.5 Å². The molecule has 0 aliphatic carbocycles. The van der Waals surface area contributed by atoms with Crippen LogP contribution in [0.1, 0.15) is 37.0 Å². The average Bonchev–Trinajstić information content (AvgIpc) is 2.56. The summed E-state index contributed by atoms with van der Waals surface area (Å²) >= 11 is 0. The molecule has 4 nitrogen and oxygen atoms in total. The number of hydrogen-bond acceptors (Lipinski definition) is 2. The van der Waals surface area contributed by atoms with Crippen molar-refractivity contribution in [3.05, 3.63) is 17.2 Å². The monoisotopic (exact) mass is 222 g/mol. The standard InChI is InChI=1S/C12H18N2O2/c1-3-4-10-11-6-5-9(12(15)16)7-14(11)8(2)13-10/h9H,3-7H2,1-2H3,(H,15,16). The molecule has 2 rings (SSSR count). The number of carbonyl (C=O) groups is 1. The van der Waals surface area contributed by atoms with E-state index in [4.69, 9.17) is 5.11 Å². The molecule has 0 radical (unpaired) electrons. The Morgan fingerprint density at radius 2 is 2.38 bits per heavy atom. The summed E-state index contributed by atoms with van der Waals surface area (Å²) in [6, 6.07) is 0. The molecule has 0 saturated heterocycles. The third kappa shape index (κ3) is 1.84. The molecule has 2 heterocycles. The van der Waals surface area contributed by atoms with Crippen LogP contribution in [-0.4, -0.2) is 20.6 Å². The second-order valence-electron chi connectivity index (χ2n) is 4.49. The van der Waals surface area contributed by atoms with E-state index in [1.165, 1.54) is 11.4 Å². The van der Waals surface area contributed by atoms with E-state index in [1.807, 2.05) is 6.92 Å². The summed E-state index contributed by atoms with van der Waals surface area (Å²) in [5.74, 6) is 0.0371. The molecule has 1 N–H and O–H groups in total. The molecule has 1 aromatic heterocycles. The Morgan fingerprint density at radius 3 is 3.00 bits per heavy atom. The summed E-state index contributed by atoms with van der Waals surface area (Å²) < 4.78 is 2.09. The maximum Gasteiger partial charge on any atom is 0.308 e. The highest BCUT2D eigenvalue weighted by Gasteiger charge is 2.27. The van der Waals surface area contributed by atoms with Crippen molar-refractivity contribution in [2.45, 2.75) is 46.1 Å². The fraction of sp³-hybridized carbons (Fsp3) is 0.667. The first kappa shape index (κ1) is 11.2. The number of carboxylic acids is 1. The van der Waals surface area contributed by atoms with Gasteiger partial charge in [-0.2, -0.15) is 0 Å². The Hall–Kier alpha value is -1.32. The molecule has 0 aromatic carbocycles. The zero-order valence-corrected chi connectivity index (χ0v) is 9.86. The van der Waals surface area contributed by atoms with Gasteiger partial charge in [-0.25, -0.2) is 4.98 Å². The van der Waals surface area contributed by atoms with Gasteiger partial charge in [0.05, 0.1) is 11.6 Å². The second-order valence-corrected chi connectivity index (χ2v) is 4.49. The molecule has 0 bridgehead atoms. The van der Waals surface area contributed by atoms with Crippen molar-refractivity contribution in [1.29, 1.82) is 0 Å². The van der Waals surface area contributed by atoms with Gasteiger partial charge in [-0.1, -0.05) is 13.3 Å². The van der Waals surface area contributed by atoms with Gasteiger partial charge in [0, 0.05) is 12.2 Å². The molecule has 4 heteroatoms. The summed E-state index contributed by atoms with van der Waals surface area (Å²) in [5, 5.41) is 9.03. The van der Waals surface area contributed by atoms with Crippen LogP contribution in [0.5, 0.6) is 0 Å². The van der Waals surface area contributed by atoms with Crippen LogP contribution in [0.3, 0.4) is 0 Å². The van der Waals surface area contributed by atoms with Crippen LogP contribution in [0.25, 0.3) is 0 Å². The van der Waals surface area contributed by atoms with Gasteiger partial charge in [-0.3, -0.25) is 4.79 Å². The highest BCUT2D eigenvalue weighted by molar-refractivity contribution is 5.70. The van der Waals surface area contributed by atoms with E-state index in [-0.39, 0.29) is 5.92 Å². The zero-order valence-electron chi connectivity index (χ0n) is 9.86. The average molecular weight is 222 g/mol. The van der Waals surface area contributed by atoms with E-state index < -0.39 is 5.97 Å². The lowest BCUT2D eigenvalue weighted by atomic mass is 9.96. The number of hydrogen-bond donors (Lipinski definition) is 1. The minimum Gasteiger partial charge on any atom is -0.481 e. The first-order valence-electron chi connectivity index (χ1n) is 5.91. The Kier molecular flexibility index (Phi) is 2.99. The van der Waals surface area contributed by atoms with Crippen molar-refractivity contribution in [1.82, 2.24) is 9.55 Å². The van der Waals surface area contributed by atoms with Crippen LogP contribution >= 0.6 is 0 Å². The minimum atomic E-state index is -0.684. The van der Waals surface area contributed by atoms with E-state index in [9.17, 15) is 4.79 Å². The molecule has 0 amide bonds. The quantitative estimate of drug-likeness (QED) is 0.848. The third-order valence-electron chi connectivity index (χ3n) is 3.31. The van der Waals surface area contributed by atoms with E-state index in [1.54, 1.807) is 0 Å². The van der Waals surface area contributed by atoms with Crippen molar-refractivity contribution in [3.8, 4) is 0 Å². The van der Waals surface area contributed by atoms with Crippen molar-refractivity contribution >= 4 is 5.97 Å². The van der Waals surface area contributed by atoms with Crippen LogP contribution in [-0.2, 0) is 24.2 Å². The summed E-state index contributed by atoms with van der Waals surface area (Å²) in [5.41, 5.74) is 2.43. The predicted molar refractivity (Wildman–Crippen MR) is 60.4 cm³/mol. The van der Waals surface area contributed by atoms with E-state index in [0.29, 0.717) is 6.54 Å². The molecule has 0 fully saturated rings. The number of nitrogens with zero attached hydrogens (tertiary/aromatic N) is 2. The zero-order chi connectivity index (χ0) is 11.7. The Labute approximate surface area is 95.3 Å². The maximum atomic E-state index is 11.0. The lowest BCUT2D eigenvalue weighted by molar-refractivity contribution is -0.142. The van der Waals surface area contributed by atoms with E-state index >= 15 is 0 Å². The largest absolute Gasteiger partial charge is 0.481 e. The smallest absolute Gasteiger partial charge is 0.308 e. The molecule has 16 heavy (non-hydrogen) atoms. The lowest BCUT2D eigenvalue weighted by Crippen LogP contribution is -2.27. The van der Waals surface area contributed by atoms with Crippen LogP contribution in [0.4, 0.5) is 0 Å². The van der Waals surface area contributed by atoms with Crippen LogP contribution < -0.4 is 0 Å². The maximum absolute atomic E-state index is 11.0. The Bertz CT molecular complexity index is 409. The Balaban J connectivity index is 2.29. The van der Waals surface area contributed by atoms with Gasteiger partial charge >= 0.3 is 5.97 Å². The highest BCUT2D eigenvalue weighted by atomic mass is 16.4. The fourth-order valence-corrected chi connectivity index (χ4v) is 2.45. The van der Waals surface area contributed by atoms with Gasteiger partial charge in [-0.05, 0) is 26.2 Å². The van der Waals surface area contributed by atoms with E-state index in [2.05, 4.69) is 16.5 Å². The van der Waals surface area contributed by atoms with Gasteiger partial charge in [0.1, 0.15) is 5.82 Å². The number of aliphatic carboxylic acids is 1. The summed E-state index contributed by atoms with van der Waals surface area (Å²) in [6.07, 6.45) is 3.69. The van der Waals surface area contributed by atoms with Crippen molar-refractivity contribution in [3.63, 3.8) is 0 Å². The highest BCUT2D eigenvalue weighted by Crippen LogP contribution is 2.25. The number of aryl methyl sites for hydroxylation is 2. The SMILES string of the molecule is CCCc1nc(C)n2c1CCC(C(=O)O)C2. The van der Waals surface area contributed by atoms with Gasteiger partial charge in [0.15, 0.2) is 0 Å². The molecular formula is C12H18N2O2. The van der Waals surface area contributed by atoms with Gasteiger partial charge in [0.25, 0.3) is 0 Å². The van der Waals surface area contributed by atoms with Crippen molar-refractivity contribution in [2.24, 2.45) is 5.92 Å². The molecule has 0 saturated carbocycles. The molecule has 1 aliphatic heterocycles. The van der Waals surface area contributed by atoms with Gasteiger partial charge in [0.2, 0.25) is 0 Å². The number of rotatable bonds is 3. The van der Waals surface area contributed by atoms with Crippen molar-refractivity contribution in [2.75, 3.05) is 0 Å². The van der Waals surface area contributed by atoms with Crippen LogP contribution in [0.2, 0.25) is 0 Å². The second kappa shape index (κ2) is 4.28. The Morgan fingerprint density at radius 1 is 1.62 bits per heavy atom. The summed E-state index contributed by atoms with van der Waals surface area (Å²) in [7, 11) is 0. The first-order chi connectivity index (χ1) is 7.63. The van der Waals surface area contributed by atoms with Crippen LogP contribution in [0.15, 0.2) is 0 Å². The molecule has 1 aromatic rings. The normalized spacial score (nSPS) is 19.5. The summed E-state index contributed by atoms with van der Waals surface area (Å²) in [4.78, 5) is 15.5. The lowest BCUT2D eigenvalue weighted by Gasteiger charge is -2.22. The number of fused-ring (bicyclic) bond motifs is 1. The molecule has 1 atom stereocenters. The third-order valence-corrected chi connectivity index (χ3v) is 3.31. The number of imidazole rings is 1. The summed E-state index contributed by atoms with van der Waals surface area (Å²) in [6.45, 7) is 4.70. The fourth-order valence-electron chi connectivity index (χ4n) is 2.45. The molecule has 1 aliphatic rings. The number of carboxylic acid groups (broad SMARTS) is 1. The topological polar surface area (TPSA) is 55.1 Å². The van der Waals surface area contributed by atoms with Gasteiger partial charge in [-0.15, -0.1) is 0 Å². The molecule has 0 spiro atoms. The molecule has 1 unspecified atom stereocenters. The molecule has 88 valence electrons. The van der Waals surface area contributed by atoms with Crippen LogP contribution in [0, 0.1) is 12.8 Å². The number of aromatic nitrogens is 2. The minimum absolute atomic E-state index is 0.241. The predicted octanol–water partition coefficient (Wildman–Crippen LogP) is 1.79. The van der Waals surface area contributed by atoms with Gasteiger partial charge < -0.3 is 9.67 Å².